The first-order valence-corrected chi connectivity index (χ1v) is 10.4. The number of fused-ring (bicyclic) bond motifs is 1. The van der Waals surface area contributed by atoms with Crippen LogP contribution in [0.2, 0.25) is 10.0 Å². The minimum Gasteiger partial charge on any atom is -0.369 e. The van der Waals surface area contributed by atoms with E-state index in [1.165, 1.54) is 6.07 Å². The van der Waals surface area contributed by atoms with Crippen LogP contribution < -0.4 is 11.1 Å². The number of benzene rings is 3. The highest BCUT2D eigenvalue weighted by Crippen LogP contribution is 2.28. The third kappa shape index (κ3) is 4.93. The number of halogens is 2. The molecule has 0 spiro atoms. The number of imidazole rings is 1. The number of nitrogens with two attached hydrogens (primary N) is 1. The van der Waals surface area contributed by atoms with Crippen molar-refractivity contribution in [3.8, 4) is 11.4 Å². The average molecular weight is 473 g/mol. The van der Waals surface area contributed by atoms with Crippen LogP contribution in [0.1, 0.15) is 10.4 Å². The number of carbonyl (C=O) groups is 2. The lowest BCUT2D eigenvalue weighted by molar-refractivity contribution is 0.100. The molecule has 0 aliphatic carbocycles. The fraction of sp³-hybridized carbons (Fsp3) is 0. The Morgan fingerprint density at radius 1 is 1.03 bits per heavy atom. The van der Waals surface area contributed by atoms with Gasteiger partial charge in [0.05, 0.1) is 33.8 Å². The van der Waals surface area contributed by atoms with Crippen molar-refractivity contribution in [1.29, 1.82) is 0 Å². The molecule has 156 valence electrons. The predicted octanol–water partition coefficient (Wildman–Crippen LogP) is 5.89. The van der Waals surface area contributed by atoms with Crippen molar-refractivity contribution < 1.29 is 13.8 Å². The highest BCUT2D eigenvalue weighted by molar-refractivity contribution is 7.95. The maximum atomic E-state index is 12.0. The second-order valence-electron chi connectivity index (χ2n) is 6.41. The normalized spacial score (nSPS) is 10.8. The molecule has 0 unspecified atom stereocenters. The zero-order valence-electron chi connectivity index (χ0n) is 15.7. The smallest absolute Gasteiger partial charge is 0.369 e. The van der Waals surface area contributed by atoms with Crippen molar-refractivity contribution >= 4 is 64.0 Å². The van der Waals surface area contributed by atoms with E-state index in [-0.39, 0.29) is 0 Å². The van der Waals surface area contributed by atoms with Gasteiger partial charge in [-0.1, -0.05) is 35.3 Å². The molecule has 0 radical (unpaired) electrons. The largest absolute Gasteiger partial charge is 0.424 e. The lowest BCUT2D eigenvalue weighted by Gasteiger charge is -2.07. The fourth-order valence-electron chi connectivity index (χ4n) is 2.78. The molecule has 0 fully saturated rings. The Kier molecular flexibility index (Phi) is 6.03. The van der Waals surface area contributed by atoms with Crippen LogP contribution in [0.3, 0.4) is 0 Å². The zero-order valence-corrected chi connectivity index (χ0v) is 18.0. The molecule has 0 aliphatic heterocycles. The number of carbonyl (C=O) groups excluding carboxylic acids is 2. The van der Waals surface area contributed by atoms with Crippen molar-refractivity contribution in [2.75, 3.05) is 5.32 Å². The molecule has 4 N–H and O–H groups in total. The van der Waals surface area contributed by atoms with Crippen molar-refractivity contribution in [1.82, 2.24) is 9.97 Å². The summed E-state index contributed by atoms with van der Waals surface area (Å²) >= 11 is 12.8. The summed E-state index contributed by atoms with van der Waals surface area (Å²) < 4.78 is 5.15. The van der Waals surface area contributed by atoms with Crippen molar-refractivity contribution in [2.45, 2.75) is 4.90 Å². The van der Waals surface area contributed by atoms with E-state index in [1.807, 2.05) is 12.1 Å². The molecule has 7 nitrogen and oxygen atoms in total. The first kappa shape index (κ1) is 21.0. The van der Waals surface area contributed by atoms with E-state index >= 15 is 0 Å². The number of nitrogens with zero attached hydrogens (tertiary/aromatic N) is 1. The van der Waals surface area contributed by atoms with Crippen molar-refractivity contribution in [2.24, 2.45) is 5.73 Å². The molecule has 4 aromatic rings. The lowest BCUT2D eigenvalue weighted by atomic mass is 10.2. The van der Waals surface area contributed by atoms with Gasteiger partial charge in [-0.15, -0.1) is 0 Å². The molecule has 0 aliphatic rings. The second-order valence-corrected chi connectivity index (χ2v) is 8.06. The van der Waals surface area contributed by atoms with Gasteiger partial charge in [-0.25, -0.2) is 9.78 Å². The fourth-order valence-corrected chi connectivity index (χ4v) is 3.69. The van der Waals surface area contributed by atoms with Crippen LogP contribution in [0, 0.1) is 0 Å². The molecule has 10 heteroatoms. The summed E-state index contributed by atoms with van der Waals surface area (Å²) in [5.41, 5.74) is 8.39. The molecule has 1 heterocycles. The number of amides is 2. The van der Waals surface area contributed by atoms with Crippen LogP contribution in [0.5, 0.6) is 0 Å². The highest BCUT2D eigenvalue weighted by Gasteiger charge is 2.11. The van der Waals surface area contributed by atoms with Gasteiger partial charge in [0.15, 0.2) is 0 Å². The molecular formula is C21H14Cl2N4O3S. The molecule has 1 aromatic heterocycles. The quantitative estimate of drug-likeness (QED) is 0.313. The summed E-state index contributed by atoms with van der Waals surface area (Å²) in [5.74, 6) is 0.144. The van der Waals surface area contributed by atoms with E-state index in [0.717, 1.165) is 23.1 Å². The van der Waals surface area contributed by atoms with E-state index in [9.17, 15) is 9.59 Å². The summed E-state index contributed by atoms with van der Waals surface area (Å²) in [7, 11) is 0. The number of rotatable bonds is 5. The van der Waals surface area contributed by atoms with Crippen LogP contribution >= 0.6 is 35.2 Å². The minimum absolute atomic E-state index is 0.313. The van der Waals surface area contributed by atoms with Crippen LogP contribution in [-0.2, 0) is 4.18 Å². The zero-order chi connectivity index (χ0) is 22.0. The molecule has 4 rings (SSSR count). The predicted molar refractivity (Wildman–Crippen MR) is 122 cm³/mol. The minimum atomic E-state index is -0.666. The topological polar surface area (TPSA) is 110 Å². The summed E-state index contributed by atoms with van der Waals surface area (Å²) in [5, 5.41) is 3.33. The van der Waals surface area contributed by atoms with Crippen LogP contribution in [0.25, 0.3) is 22.4 Å². The van der Waals surface area contributed by atoms with Gasteiger partial charge in [0.25, 0.3) is 0 Å². The van der Waals surface area contributed by atoms with E-state index in [1.54, 1.807) is 42.5 Å². The number of primary amides is 1. The van der Waals surface area contributed by atoms with Crippen LogP contribution in [0.4, 0.5) is 10.5 Å². The number of aromatic nitrogens is 2. The second kappa shape index (κ2) is 8.89. The van der Waals surface area contributed by atoms with Gasteiger partial charge in [0, 0.05) is 21.0 Å². The maximum absolute atomic E-state index is 12.0. The third-order valence-corrected chi connectivity index (χ3v) is 5.52. The molecule has 0 atom stereocenters. The van der Waals surface area contributed by atoms with Crippen molar-refractivity contribution in [3.05, 3.63) is 76.3 Å². The number of hydrogen-bond acceptors (Lipinski definition) is 5. The number of anilines is 1. The molecule has 0 bridgehead atoms. The van der Waals surface area contributed by atoms with Crippen molar-refractivity contribution in [3.63, 3.8) is 0 Å². The molecule has 31 heavy (non-hydrogen) atoms. The Balaban J connectivity index is 1.40. The number of nitrogens with one attached hydrogen (secondary N) is 2. The Morgan fingerprint density at radius 3 is 2.52 bits per heavy atom. The summed E-state index contributed by atoms with van der Waals surface area (Å²) in [6.45, 7) is 0. The number of hydrogen-bond donors (Lipinski definition) is 3. The Bertz CT molecular complexity index is 1290. The van der Waals surface area contributed by atoms with Gasteiger partial charge in [-0.2, -0.15) is 0 Å². The Labute approximate surface area is 191 Å². The highest BCUT2D eigenvalue weighted by atomic mass is 35.5. The summed E-state index contributed by atoms with van der Waals surface area (Å²) in [6, 6.07) is 17.0. The van der Waals surface area contributed by atoms with Gasteiger partial charge >= 0.3 is 6.09 Å². The van der Waals surface area contributed by atoms with Gasteiger partial charge in [-0.05, 0) is 48.5 Å². The SMILES string of the molecule is NC(=O)c1ccc2nc(-c3ccc(SOC(=O)Nc4ccc(Cl)cc4Cl)cc3)[nH]c2c1. The number of H-pyrrole nitrogens is 1. The molecule has 0 saturated heterocycles. The van der Waals surface area contributed by atoms with Gasteiger partial charge in [0.2, 0.25) is 5.91 Å². The number of aromatic amines is 1. The molecular weight excluding hydrogens is 459 g/mol. The van der Waals surface area contributed by atoms with E-state index in [4.69, 9.17) is 33.1 Å². The molecule has 2 amide bonds. The third-order valence-electron chi connectivity index (χ3n) is 4.28. The van der Waals surface area contributed by atoms with E-state index in [0.29, 0.717) is 37.5 Å². The standard InChI is InChI=1S/C21H14Cl2N4O3S/c22-13-4-8-16(15(23)10-13)27-21(29)30-31-14-5-1-11(2-6-14)20-25-17-7-3-12(19(24)28)9-18(17)26-20/h1-10H,(H2,24,28)(H,25,26)(H,27,29). The maximum Gasteiger partial charge on any atom is 0.424 e. The monoisotopic (exact) mass is 472 g/mol. The van der Waals surface area contributed by atoms with Crippen LogP contribution in [0.15, 0.2) is 65.6 Å². The van der Waals surface area contributed by atoms with Gasteiger partial charge in [-0.3, -0.25) is 10.1 Å². The summed E-state index contributed by atoms with van der Waals surface area (Å²) in [6.07, 6.45) is -0.666. The van der Waals surface area contributed by atoms with E-state index in [2.05, 4.69) is 15.3 Å². The van der Waals surface area contributed by atoms with Gasteiger partial charge in [0.1, 0.15) is 5.82 Å². The Hall–Kier alpha value is -3.20. The lowest BCUT2D eigenvalue weighted by Crippen LogP contribution is -2.10. The van der Waals surface area contributed by atoms with Gasteiger partial charge < -0.3 is 14.9 Å². The Morgan fingerprint density at radius 2 is 1.81 bits per heavy atom. The average Bonchev–Trinajstić information content (AvgIpc) is 3.18. The van der Waals surface area contributed by atoms with Crippen LogP contribution in [-0.4, -0.2) is 22.0 Å². The van der Waals surface area contributed by atoms with E-state index < -0.39 is 12.0 Å². The molecule has 3 aromatic carbocycles. The summed E-state index contributed by atoms with van der Waals surface area (Å²) in [4.78, 5) is 31.7. The molecule has 0 saturated carbocycles. The first-order chi connectivity index (χ1) is 14.9. The first-order valence-electron chi connectivity index (χ1n) is 8.89.